The zero-order valence-corrected chi connectivity index (χ0v) is 5.26. The molecular formula is C6H13NO. The summed E-state index contributed by atoms with van der Waals surface area (Å²) < 4.78 is 5.00. The highest BCUT2D eigenvalue weighted by molar-refractivity contribution is 4.64. The van der Waals surface area contributed by atoms with Gasteiger partial charge in [0.05, 0.1) is 13.2 Å². The van der Waals surface area contributed by atoms with E-state index >= 15 is 0 Å². The third kappa shape index (κ3) is 5.66. The van der Waals surface area contributed by atoms with Crippen LogP contribution in [0, 0.1) is 0 Å². The molecule has 0 aromatic carbocycles. The zero-order valence-electron chi connectivity index (χ0n) is 5.26. The maximum Gasteiger partial charge on any atom is 0.0645 e. The molecule has 2 nitrogen and oxygen atoms in total. The highest BCUT2D eigenvalue weighted by Crippen LogP contribution is 1.78. The van der Waals surface area contributed by atoms with Gasteiger partial charge in [-0.15, -0.1) is 6.58 Å². The summed E-state index contributed by atoms with van der Waals surface area (Å²) in [6.45, 7) is 6.61. The number of ether oxygens (including phenoxy) is 1. The highest BCUT2D eigenvalue weighted by atomic mass is 16.5. The lowest BCUT2D eigenvalue weighted by molar-refractivity contribution is 0.151. The monoisotopic (exact) mass is 115 g/mol. The molecule has 0 aromatic heterocycles. The van der Waals surface area contributed by atoms with Crippen LogP contribution < -0.4 is 5.73 Å². The molecule has 1 atom stereocenters. The Hall–Kier alpha value is -0.340. The summed E-state index contributed by atoms with van der Waals surface area (Å²) in [6.07, 6.45) is 1.71. The number of hydrogen-bond acceptors (Lipinski definition) is 2. The smallest absolute Gasteiger partial charge is 0.0645 e. The summed E-state index contributed by atoms with van der Waals surface area (Å²) in [5.74, 6) is 0. The first-order chi connectivity index (χ1) is 3.77. The van der Waals surface area contributed by atoms with Crippen molar-refractivity contribution in [2.24, 2.45) is 5.73 Å². The second-order valence-electron chi connectivity index (χ2n) is 1.80. The molecule has 0 aliphatic heterocycles. The van der Waals surface area contributed by atoms with Crippen molar-refractivity contribution < 1.29 is 4.74 Å². The predicted octanol–water partition coefficient (Wildman–Crippen LogP) is 0.536. The fraction of sp³-hybridized carbons (Fsp3) is 0.667. The molecule has 0 bridgehead atoms. The summed E-state index contributed by atoms with van der Waals surface area (Å²) in [5, 5.41) is 0. The van der Waals surface area contributed by atoms with Crippen LogP contribution in [0.3, 0.4) is 0 Å². The van der Waals surface area contributed by atoms with Crippen LogP contribution in [0.1, 0.15) is 6.92 Å². The first-order valence-electron chi connectivity index (χ1n) is 2.71. The van der Waals surface area contributed by atoms with E-state index in [1.165, 1.54) is 0 Å². The average Bonchev–Trinajstić information content (AvgIpc) is 1.66. The quantitative estimate of drug-likeness (QED) is 0.428. The Morgan fingerprint density at radius 1 is 1.88 bits per heavy atom. The molecule has 0 aromatic rings. The normalized spacial score (nSPS) is 13.2. The third-order valence-corrected chi connectivity index (χ3v) is 0.616. The lowest BCUT2D eigenvalue weighted by atomic mass is 10.4. The van der Waals surface area contributed by atoms with Gasteiger partial charge in [0, 0.05) is 6.04 Å². The molecular weight excluding hydrogens is 102 g/mol. The van der Waals surface area contributed by atoms with Crippen molar-refractivity contribution in [3.63, 3.8) is 0 Å². The van der Waals surface area contributed by atoms with Crippen LogP contribution in [0.5, 0.6) is 0 Å². The molecule has 0 rings (SSSR count). The van der Waals surface area contributed by atoms with Crippen LogP contribution >= 0.6 is 0 Å². The van der Waals surface area contributed by atoms with Gasteiger partial charge >= 0.3 is 0 Å². The largest absolute Gasteiger partial charge is 0.376 e. The van der Waals surface area contributed by atoms with E-state index in [-0.39, 0.29) is 6.04 Å². The van der Waals surface area contributed by atoms with E-state index in [9.17, 15) is 0 Å². The zero-order chi connectivity index (χ0) is 6.41. The Morgan fingerprint density at radius 2 is 2.50 bits per heavy atom. The molecule has 0 saturated heterocycles. The molecule has 0 heterocycles. The third-order valence-electron chi connectivity index (χ3n) is 0.616. The van der Waals surface area contributed by atoms with Crippen molar-refractivity contribution in [3.05, 3.63) is 12.7 Å². The Bertz CT molecular complexity index is 61.5. The Labute approximate surface area is 50.3 Å². The molecule has 0 aliphatic rings. The van der Waals surface area contributed by atoms with Crippen LogP contribution in [-0.2, 0) is 4.74 Å². The maximum absolute atomic E-state index is 5.37. The van der Waals surface area contributed by atoms with E-state index in [1.54, 1.807) is 6.08 Å². The van der Waals surface area contributed by atoms with E-state index < -0.39 is 0 Å². The number of rotatable bonds is 4. The molecule has 8 heavy (non-hydrogen) atoms. The molecule has 0 saturated carbocycles. The Balaban J connectivity index is 2.81. The van der Waals surface area contributed by atoms with E-state index in [1.807, 2.05) is 6.92 Å². The summed E-state index contributed by atoms with van der Waals surface area (Å²) in [6, 6.07) is 0.134. The molecule has 0 unspecified atom stereocenters. The molecule has 0 amide bonds. The second-order valence-corrected chi connectivity index (χ2v) is 1.80. The van der Waals surface area contributed by atoms with Gasteiger partial charge in [0.15, 0.2) is 0 Å². The molecule has 48 valence electrons. The average molecular weight is 115 g/mol. The summed E-state index contributed by atoms with van der Waals surface area (Å²) in [4.78, 5) is 0. The van der Waals surface area contributed by atoms with Gasteiger partial charge in [-0.25, -0.2) is 0 Å². The van der Waals surface area contributed by atoms with Gasteiger partial charge in [-0.2, -0.15) is 0 Å². The van der Waals surface area contributed by atoms with Crippen LogP contribution in [-0.4, -0.2) is 19.3 Å². The minimum Gasteiger partial charge on any atom is -0.376 e. The molecule has 0 radical (unpaired) electrons. The standard InChI is InChI=1S/C6H13NO/c1-3-4-8-5-6(2)7/h3,6H,1,4-5,7H2,2H3/t6-/m1/s1. The first kappa shape index (κ1) is 7.66. The predicted molar refractivity (Wildman–Crippen MR) is 34.7 cm³/mol. The van der Waals surface area contributed by atoms with E-state index in [0.717, 1.165) is 0 Å². The highest BCUT2D eigenvalue weighted by Gasteiger charge is 1.89. The molecule has 0 aliphatic carbocycles. The van der Waals surface area contributed by atoms with Gasteiger partial charge in [0.25, 0.3) is 0 Å². The van der Waals surface area contributed by atoms with Crippen LogP contribution in [0.25, 0.3) is 0 Å². The van der Waals surface area contributed by atoms with Crippen molar-refractivity contribution in [2.75, 3.05) is 13.2 Å². The first-order valence-corrected chi connectivity index (χ1v) is 2.71. The van der Waals surface area contributed by atoms with Gasteiger partial charge in [0.1, 0.15) is 0 Å². The van der Waals surface area contributed by atoms with Crippen molar-refractivity contribution in [1.82, 2.24) is 0 Å². The molecule has 2 N–H and O–H groups in total. The van der Waals surface area contributed by atoms with Crippen molar-refractivity contribution in [2.45, 2.75) is 13.0 Å². The van der Waals surface area contributed by atoms with E-state index in [2.05, 4.69) is 6.58 Å². The van der Waals surface area contributed by atoms with Gasteiger partial charge in [-0.05, 0) is 6.92 Å². The van der Waals surface area contributed by atoms with Gasteiger partial charge in [-0.3, -0.25) is 0 Å². The van der Waals surface area contributed by atoms with Crippen molar-refractivity contribution >= 4 is 0 Å². The van der Waals surface area contributed by atoms with E-state index in [4.69, 9.17) is 10.5 Å². The van der Waals surface area contributed by atoms with Gasteiger partial charge < -0.3 is 10.5 Å². The van der Waals surface area contributed by atoms with Gasteiger partial charge in [0.2, 0.25) is 0 Å². The van der Waals surface area contributed by atoms with Crippen molar-refractivity contribution in [3.8, 4) is 0 Å². The van der Waals surface area contributed by atoms with Crippen LogP contribution in [0.4, 0.5) is 0 Å². The summed E-state index contributed by atoms with van der Waals surface area (Å²) in [7, 11) is 0. The van der Waals surface area contributed by atoms with Crippen LogP contribution in [0.15, 0.2) is 12.7 Å². The lowest BCUT2D eigenvalue weighted by Gasteiger charge is -2.02. The lowest BCUT2D eigenvalue weighted by Crippen LogP contribution is -2.21. The molecule has 2 heteroatoms. The summed E-state index contributed by atoms with van der Waals surface area (Å²) >= 11 is 0. The minimum atomic E-state index is 0.134. The second kappa shape index (κ2) is 4.81. The maximum atomic E-state index is 5.37. The topological polar surface area (TPSA) is 35.2 Å². The number of hydrogen-bond donors (Lipinski definition) is 1. The van der Waals surface area contributed by atoms with Gasteiger partial charge in [-0.1, -0.05) is 6.08 Å². The Morgan fingerprint density at radius 3 is 2.88 bits per heavy atom. The number of nitrogens with two attached hydrogens (primary N) is 1. The Kier molecular flexibility index (Phi) is 4.61. The SMILES string of the molecule is C=CCOC[C@@H](C)N. The minimum absolute atomic E-state index is 0.134. The summed E-state index contributed by atoms with van der Waals surface area (Å²) in [5.41, 5.74) is 5.37. The molecule has 0 spiro atoms. The van der Waals surface area contributed by atoms with Crippen LogP contribution in [0.2, 0.25) is 0 Å². The fourth-order valence-corrected chi connectivity index (χ4v) is 0.337. The van der Waals surface area contributed by atoms with E-state index in [0.29, 0.717) is 13.2 Å². The van der Waals surface area contributed by atoms with Crippen molar-refractivity contribution in [1.29, 1.82) is 0 Å². The fourth-order valence-electron chi connectivity index (χ4n) is 0.337. The molecule has 0 fully saturated rings.